The average Bonchev–Trinajstić information content (AvgIpc) is 1.62. The van der Waals surface area contributed by atoms with Gasteiger partial charge in [0.2, 0.25) is 0 Å². The standard InChI is InChI=1S/C5H10O.C2H4O2.H2O/c1-3-4-5(2)6;1-2(3)4;/h3-4H2,1-2H3;1H3,(H,3,4);1H2. The summed E-state index contributed by atoms with van der Waals surface area (Å²) < 4.78 is 0. The molecule has 0 aromatic carbocycles. The van der Waals surface area contributed by atoms with Crippen molar-refractivity contribution < 1.29 is 20.2 Å². The summed E-state index contributed by atoms with van der Waals surface area (Å²) in [5.41, 5.74) is 0. The van der Waals surface area contributed by atoms with E-state index in [1.165, 1.54) is 0 Å². The van der Waals surface area contributed by atoms with Gasteiger partial charge < -0.3 is 15.4 Å². The Balaban J connectivity index is -0.000000114. The van der Waals surface area contributed by atoms with Crippen molar-refractivity contribution in [1.29, 1.82) is 0 Å². The van der Waals surface area contributed by atoms with Crippen molar-refractivity contribution in [1.82, 2.24) is 0 Å². The molecule has 0 radical (unpaired) electrons. The summed E-state index contributed by atoms with van der Waals surface area (Å²) in [4.78, 5) is 19.0. The molecule has 0 atom stereocenters. The van der Waals surface area contributed by atoms with E-state index in [9.17, 15) is 4.79 Å². The maximum atomic E-state index is 10.0. The molecule has 0 aromatic heterocycles. The molecule has 3 N–H and O–H groups in total. The number of carbonyl (C=O) groups is 2. The van der Waals surface area contributed by atoms with Crippen LogP contribution < -0.4 is 0 Å². The number of ketones is 1. The third-order valence-electron chi connectivity index (χ3n) is 0.602. The van der Waals surface area contributed by atoms with Crippen LogP contribution in [0, 0.1) is 0 Å². The van der Waals surface area contributed by atoms with Gasteiger partial charge in [0.25, 0.3) is 5.97 Å². The lowest BCUT2D eigenvalue weighted by atomic mass is 10.3. The molecule has 0 unspecified atom stereocenters. The van der Waals surface area contributed by atoms with E-state index in [0.29, 0.717) is 0 Å². The van der Waals surface area contributed by atoms with E-state index in [4.69, 9.17) is 9.90 Å². The SMILES string of the molecule is CC(=O)O.CCCC(C)=O.O. The number of hydrogen-bond donors (Lipinski definition) is 1. The van der Waals surface area contributed by atoms with Gasteiger partial charge in [-0.3, -0.25) is 4.79 Å². The second-order valence-electron chi connectivity index (χ2n) is 1.97. The number of rotatable bonds is 2. The monoisotopic (exact) mass is 164 g/mol. The van der Waals surface area contributed by atoms with Crippen LogP contribution >= 0.6 is 0 Å². The van der Waals surface area contributed by atoms with E-state index in [-0.39, 0.29) is 11.3 Å². The maximum Gasteiger partial charge on any atom is 0.300 e. The van der Waals surface area contributed by atoms with Gasteiger partial charge >= 0.3 is 0 Å². The summed E-state index contributed by atoms with van der Waals surface area (Å²) in [6, 6.07) is 0. The zero-order chi connectivity index (χ0) is 8.57. The predicted octanol–water partition coefficient (Wildman–Crippen LogP) is 0.642. The largest absolute Gasteiger partial charge is 0.481 e. The van der Waals surface area contributed by atoms with Crippen LogP contribution in [-0.4, -0.2) is 22.3 Å². The Labute approximate surface area is 66.5 Å². The van der Waals surface area contributed by atoms with Crippen molar-refractivity contribution in [2.24, 2.45) is 0 Å². The fraction of sp³-hybridized carbons (Fsp3) is 0.714. The maximum absolute atomic E-state index is 10.0. The number of aliphatic carboxylic acids is 1. The normalized spacial score (nSPS) is 6.82. The van der Waals surface area contributed by atoms with E-state index in [2.05, 4.69) is 0 Å². The summed E-state index contributed by atoms with van der Waals surface area (Å²) in [6.07, 6.45) is 1.72. The van der Waals surface area contributed by atoms with Gasteiger partial charge in [-0.1, -0.05) is 6.92 Å². The smallest absolute Gasteiger partial charge is 0.300 e. The molecule has 0 saturated carbocycles. The molecule has 0 aliphatic rings. The third kappa shape index (κ3) is 104. The Kier molecular flexibility index (Phi) is 17.9. The second-order valence-corrected chi connectivity index (χ2v) is 1.97. The Morgan fingerprint density at radius 1 is 1.27 bits per heavy atom. The number of Topliss-reactive ketones (excluding diaryl/α,β-unsaturated/α-hetero) is 1. The van der Waals surface area contributed by atoms with E-state index >= 15 is 0 Å². The van der Waals surface area contributed by atoms with E-state index < -0.39 is 5.97 Å². The van der Waals surface area contributed by atoms with Crippen molar-refractivity contribution in [2.75, 3.05) is 0 Å². The lowest BCUT2D eigenvalue weighted by molar-refractivity contribution is -0.134. The van der Waals surface area contributed by atoms with Gasteiger partial charge in [0.05, 0.1) is 0 Å². The first-order chi connectivity index (χ1) is 4.50. The second kappa shape index (κ2) is 11.8. The molecule has 0 aliphatic carbocycles. The highest BCUT2D eigenvalue weighted by Crippen LogP contribution is 1.84. The summed E-state index contributed by atoms with van der Waals surface area (Å²) in [7, 11) is 0. The summed E-state index contributed by atoms with van der Waals surface area (Å²) >= 11 is 0. The van der Waals surface area contributed by atoms with Crippen LogP contribution in [0.4, 0.5) is 0 Å². The highest BCUT2D eigenvalue weighted by atomic mass is 16.4. The van der Waals surface area contributed by atoms with Crippen LogP contribution in [0.2, 0.25) is 0 Å². The molecule has 11 heavy (non-hydrogen) atoms. The first-order valence-corrected chi connectivity index (χ1v) is 3.19. The molecule has 0 heterocycles. The Hall–Kier alpha value is -0.900. The van der Waals surface area contributed by atoms with Gasteiger partial charge in [-0.15, -0.1) is 0 Å². The minimum absolute atomic E-state index is 0. The topological polar surface area (TPSA) is 85.9 Å². The Bertz CT molecular complexity index is 105. The zero-order valence-corrected chi connectivity index (χ0v) is 7.18. The van der Waals surface area contributed by atoms with Gasteiger partial charge in [-0.05, 0) is 13.3 Å². The van der Waals surface area contributed by atoms with Gasteiger partial charge in [0.15, 0.2) is 0 Å². The Morgan fingerprint density at radius 2 is 1.55 bits per heavy atom. The minimum atomic E-state index is -0.833. The van der Waals surface area contributed by atoms with E-state index in [1.807, 2.05) is 6.92 Å². The lowest BCUT2D eigenvalue weighted by Crippen LogP contribution is -1.84. The fourth-order valence-corrected chi connectivity index (χ4v) is 0.352. The van der Waals surface area contributed by atoms with Crippen molar-refractivity contribution in [3.05, 3.63) is 0 Å². The van der Waals surface area contributed by atoms with Crippen LogP contribution in [0.3, 0.4) is 0 Å². The first-order valence-electron chi connectivity index (χ1n) is 3.19. The van der Waals surface area contributed by atoms with Crippen LogP contribution in [0.15, 0.2) is 0 Å². The highest BCUT2D eigenvalue weighted by Gasteiger charge is 1.83. The molecule has 0 saturated heterocycles. The Morgan fingerprint density at radius 3 is 1.55 bits per heavy atom. The van der Waals surface area contributed by atoms with Gasteiger partial charge in [-0.25, -0.2) is 0 Å². The summed E-state index contributed by atoms with van der Waals surface area (Å²) in [5.74, 6) is -0.544. The highest BCUT2D eigenvalue weighted by molar-refractivity contribution is 5.75. The quantitative estimate of drug-likeness (QED) is 0.649. The van der Waals surface area contributed by atoms with Crippen LogP contribution in [0.1, 0.15) is 33.6 Å². The third-order valence-corrected chi connectivity index (χ3v) is 0.602. The molecule has 0 spiro atoms. The lowest BCUT2D eigenvalue weighted by Gasteiger charge is -1.80. The van der Waals surface area contributed by atoms with Gasteiger partial charge in [0.1, 0.15) is 5.78 Å². The molecule has 0 bridgehead atoms. The molecule has 0 fully saturated rings. The van der Waals surface area contributed by atoms with Crippen LogP contribution in [0.25, 0.3) is 0 Å². The fourth-order valence-electron chi connectivity index (χ4n) is 0.352. The molecule has 0 aromatic rings. The number of carbonyl (C=O) groups excluding carboxylic acids is 1. The van der Waals surface area contributed by atoms with Gasteiger partial charge in [-0.2, -0.15) is 0 Å². The van der Waals surface area contributed by atoms with Crippen molar-refractivity contribution in [3.63, 3.8) is 0 Å². The number of carboxylic acids is 1. The van der Waals surface area contributed by atoms with Gasteiger partial charge in [0, 0.05) is 13.3 Å². The number of hydrogen-bond acceptors (Lipinski definition) is 2. The van der Waals surface area contributed by atoms with Crippen molar-refractivity contribution >= 4 is 11.8 Å². The molecule has 0 rings (SSSR count). The predicted molar refractivity (Wildman–Crippen MR) is 42.5 cm³/mol. The van der Waals surface area contributed by atoms with E-state index in [0.717, 1.165) is 19.8 Å². The number of carboxylic acid groups (broad SMARTS) is 1. The summed E-state index contributed by atoms with van der Waals surface area (Å²) in [5, 5.41) is 7.42. The molecule has 68 valence electrons. The van der Waals surface area contributed by atoms with E-state index in [1.54, 1.807) is 6.92 Å². The summed E-state index contributed by atoms with van der Waals surface area (Å²) in [6.45, 7) is 4.70. The molecule has 4 nitrogen and oxygen atoms in total. The molecule has 0 amide bonds. The van der Waals surface area contributed by atoms with Crippen LogP contribution in [-0.2, 0) is 9.59 Å². The molecule has 0 aliphatic heterocycles. The first kappa shape index (κ1) is 16.6. The van der Waals surface area contributed by atoms with Crippen molar-refractivity contribution in [3.8, 4) is 0 Å². The minimum Gasteiger partial charge on any atom is -0.481 e. The molecule has 4 heteroatoms. The van der Waals surface area contributed by atoms with Crippen molar-refractivity contribution in [2.45, 2.75) is 33.6 Å². The molecular weight excluding hydrogens is 148 g/mol. The zero-order valence-electron chi connectivity index (χ0n) is 7.18. The molecular formula is C7H16O4. The average molecular weight is 164 g/mol. The van der Waals surface area contributed by atoms with Crippen LogP contribution in [0.5, 0.6) is 0 Å².